The van der Waals surface area contributed by atoms with Crippen molar-refractivity contribution in [1.82, 2.24) is 15.2 Å². The second kappa shape index (κ2) is 5.64. The Labute approximate surface area is 124 Å². The summed E-state index contributed by atoms with van der Waals surface area (Å²) in [6.07, 6.45) is 0. The van der Waals surface area contributed by atoms with E-state index in [4.69, 9.17) is 4.98 Å². The molecule has 0 amide bonds. The summed E-state index contributed by atoms with van der Waals surface area (Å²) in [4.78, 5) is 7.41. The molecule has 1 saturated heterocycles. The van der Waals surface area contributed by atoms with Crippen LogP contribution in [-0.4, -0.2) is 36.1 Å². The Hall–Kier alpha value is -1.23. The number of nitrogens with one attached hydrogen (secondary N) is 1. The van der Waals surface area contributed by atoms with E-state index in [-0.39, 0.29) is 5.54 Å². The van der Waals surface area contributed by atoms with Crippen LogP contribution in [0.1, 0.15) is 18.9 Å². The van der Waals surface area contributed by atoms with Crippen molar-refractivity contribution >= 4 is 11.3 Å². The zero-order chi connectivity index (χ0) is 14.0. The van der Waals surface area contributed by atoms with Crippen LogP contribution in [0.2, 0.25) is 0 Å². The van der Waals surface area contributed by atoms with E-state index in [9.17, 15) is 0 Å². The highest BCUT2D eigenvalue weighted by atomic mass is 32.1. The summed E-state index contributed by atoms with van der Waals surface area (Å²) < 4.78 is 0. The van der Waals surface area contributed by atoms with Gasteiger partial charge in [-0.05, 0) is 13.8 Å². The van der Waals surface area contributed by atoms with Gasteiger partial charge in [0.2, 0.25) is 0 Å². The first-order valence-corrected chi connectivity index (χ1v) is 8.03. The third-order valence-corrected chi connectivity index (χ3v) is 5.16. The van der Waals surface area contributed by atoms with Crippen molar-refractivity contribution in [3.8, 4) is 11.3 Å². The van der Waals surface area contributed by atoms with Crippen molar-refractivity contribution < 1.29 is 0 Å². The van der Waals surface area contributed by atoms with E-state index in [1.54, 1.807) is 11.3 Å². The molecule has 0 aliphatic carbocycles. The smallest absolute Gasteiger partial charge is 0.113 e. The highest BCUT2D eigenvalue weighted by Crippen LogP contribution is 2.33. The van der Waals surface area contributed by atoms with Gasteiger partial charge in [-0.3, -0.25) is 4.90 Å². The largest absolute Gasteiger partial charge is 0.314 e. The Bertz CT molecular complexity index is 556. The molecule has 106 valence electrons. The van der Waals surface area contributed by atoms with Crippen LogP contribution in [0.4, 0.5) is 0 Å². The molecule has 2 aromatic rings. The average molecular weight is 287 g/mol. The van der Waals surface area contributed by atoms with Crippen molar-refractivity contribution in [2.45, 2.75) is 19.4 Å². The van der Waals surface area contributed by atoms with Crippen LogP contribution in [0, 0.1) is 0 Å². The molecule has 0 bridgehead atoms. The molecule has 1 N–H and O–H groups in total. The summed E-state index contributed by atoms with van der Waals surface area (Å²) in [5.41, 5.74) is 2.31. The molecule has 3 nitrogen and oxygen atoms in total. The second-order valence-electron chi connectivity index (χ2n) is 5.70. The van der Waals surface area contributed by atoms with Gasteiger partial charge in [-0.2, -0.15) is 0 Å². The van der Waals surface area contributed by atoms with Crippen molar-refractivity contribution in [3.63, 3.8) is 0 Å². The van der Waals surface area contributed by atoms with Crippen LogP contribution in [0.25, 0.3) is 11.3 Å². The summed E-state index contributed by atoms with van der Waals surface area (Å²) in [5, 5.41) is 6.79. The zero-order valence-corrected chi connectivity index (χ0v) is 12.9. The maximum atomic E-state index is 4.88. The van der Waals surface area contributed by atoms with Crippen LogP contribution in [0.3, 0.4) is 0 Å². The molecular formula is C16H21N3S. The van der Waals surface area contributed by atoms with Gasteiger partial charge >= 0.3 is 0 Å². The predicted molar refractivity (Wildman–Crippen MR) is 85.0 cm³/mol. The summed E-state index contributed by atoms with van der Waals surface area (Å²) in [7, 11) is 0. The van der Waals surface area contributed by atoms with Crippen molar-refractivity contribution in [2.24, 2.45) is 0 Å². The van der Waals surface area contributed by atoms with E-state index in [0.29, 0.717) is 0 Å². The zero-order valence-electron chi connectivity index (χ0n) is 12.1. The lowest BCUT2D eigenvalue weighted by Crippen LogP contribution is -2.51. The number of nitrogens with zero attached hydrogens (tertiary/aromatic N) is 2. The van der Waals surface area contributed by atoms with Gasteiger partial charge in [0.1, 0.15) is 5.01 Å². The van der Waals surface area contributed by atoms with Gasteiger partial charge in [0.05, 0.1) is 11.2 Å². The number of piperazine rings is 1. The van der Waals surface area contributed by atoms with Crippen LogP contribution in [0.15, 0.2) is 35.7 Å². The van der Waals surface area contributed by atoms with Crippen LogP contribution in [-0.2, 0) is 5.54 Å². The van der Waals surface area contributed by atoms with E-state index in [1.807, 2.05) is 6.07 Å². The molecule has 1 aromatic heterocycles. The summed E-state index contributed by atoms with van der Waals surface area (Å²) in [6, 6.07) is 10.4. The first kappa shape index (κ1) is 13.7. The first-order chi connectivity index (χ1) is 9.68. The van der Waals surface area contributed by atoms with Gasteiger partial charge in [0, 0.05) is 37.1 Å². The summed E-state index contributed by atoms with van der Waals surface area (Å²) in [5.74, 6) is 0. The molecule has 3 rings (SSSR count). The molecule has 4 heteroatoms. The predicted octanol–water partition coefficient (Wildman–Crippen LogP) is 2.95. The molecule has 0 spiro atoms. The molecule has 0 radical (unpaired) electrons. The molecule has 20 heavy (non-hydrogen) atoms. The quantitative estimate of drug-likeness (QED) is 0.941. The average Bonchev–Trinajstić information content (AvgIpc) is 3.00. The second-order valence-corrected chi connectivity index (χ2v) is 6.56. The number of benzene rings is 1. The number of rotatable bonds is 3. The lowest BCUT2D eigenvalue weighted by atomic mass is 10.0. The Balaban J connectivity index is 1.85. The Kier molecular flexibility index (Phi) is 3.87. The maximum absolute atomic E-state index is 4.88. The molecule has 1 aliphatic heterocycles. The number of thiazole rings is 1. The minimum Gasteiger partial charge on any atom is -0.314 e. The molecule has 1 aromatic carbocycles. The number of hydrogen-bond donors (Lipinski definition) is 1. The highest BCUT2D eigenvalue weighted by Gasteiger charge is 2.32. The van der Waals surface area contributed by atoms with E-state index in [0.717, 1.165) is 31.9 Å². The van der Waals surface area contributed by atoms with Crippen LogP contribution in [0.5, 0.6) is 0 Å². The molecule has 1 aliphatic rings. The maximum Gasteiger partial charge on any atom is 0.113 e. The standard InChI is InChI=1S/C16H21N3S/c1-16(2,19-10-8-17-9-11-19)15-18-14(12-20-15)13-6-4-3-5-7-13/h3-7,12,17H,8-11H2,1-2H3. The van der Waals surface area contributed by atoms with E-state index < -0.39 is 0 Å². The summed E-state index contributed by atoms with van der Waals surface area (Å²) >= 11 is 1.77. The molecule has 0 unspecified atom stereocenters. The van der Waals surface area contributed by atoms with Gasteiger partial charge in [-0.15, -0.1) is 11.3 Å². The molecule has 1 fully saturated rings. The van der Waals surface area contributed by atoms with Crippen molar-refractivity contribution in [3.05, 3.63) is 40.7 Å². The van der Waals surface area contributed by atoms with Crippen molar-refractivity contribution in [1.29, 1.82) is 0 Å². The van der Waals surface area contributed by atoms with Crippen LogP contribution < -0.4 is 5.32 Å². The topological polar surface area (TPSA) is 28.2 Å². The minimum atomic E-state index is 0.0137. The van der Waals surface area contributed by atoms with Gasteiger partial charge < -0.3 is 5.32 Å². The highest BCUT2D eigenvalue weighted by molar-refractivity contribution is 7.10. The number of hydrogen-bond acceptors (Lipinski definition) is 4. The van der Waals surface area contributed by atoms with Gasteiger partial charge in [-0.1, -0.05) is 30.3 Å². The summed E-state index contributed by atoms with van der Waals surface area (Å²) in [6.45, 7) is 8.89. The monoisotopic (exact) mass is 287 g/mol. The van der Waals surface area contributed by atoms with Gasteiger partial charge in [0.25, 0.3) is 0 Å². The third-order valence-electron chi connectivity index (χ3n) is 4.00. The Morgan fingerprint density at radius 1 is 1.15 bits per heavy atom. The molecule has 0 saturated carbocycles. The number of aromatic nitrogens is 1. The van der Waals surface area contributed by atoms with Crippen molar-refractivity contribution in [2.75, 3.05) is 26.2 Å². The fourth-order valence-corrected chi connectivity index (χ4v) is 3.64. The lowest BCUT2D eigenvalue weighted by Gasteiger charge is -2.39. The molecule has 2 heterocycles. The van der Waals surface area contributed by atoms with Crippen LogP contribution >= 0.6 is 11.3 Å². The SMILES string of the molecule is CC(C)(c1nc(-c2ccccc2)cs1)N1CCNCC1. The molecular weight excluding hydrogens is 266 g/mol. The first-order valence-electron chi connectivity index (χ1n) is 7.15. The Morgan fingerprint density at radius 3 is 2.55 bits per heavy atom. The van der Waals surface area contributed by atoms with E-state index >= 15 is 0 Å². The molecule has 0 atom stereocenters. The minimum absolute atomic E-state index is 0.0137. The lowest BCUT2D eigenvalue weighted by molar-refractivity contribution is 0.102. The van der Waals surface area contributed by atoms with E-state index in [1.165, 1.54) is 10.6 Å². The van der Waals surface area contributed by atoms with E-state index in [2.05, 4.69) is 53.7 Å². The fraction of sp³-hybridized carbons (Fsp3) is 0.438. The Morgan fingerprint density at radius 2 is 1.85 bits per heavy atom. The normalized spacial score (nSPS) is 17.3. The third kappa shape index (κ3) is 2.64. The fourth-order valence-electron chi connectivity index (χ4n) is 2.66. The van der Waals surface area contributed by atoms with Gasteiger partial charge in [0.15, 0.2) is 0 Å². The van der Waals surface area contributed by atoms with Gasteiger partial charge in [-0.25, -0.2) is 4.98 Å².